The summed E-state index contributed by atoms with van der Waals surface area (Å²) in [6, 6.07) is -0.598. The Morgan fingerprint density at radius 2 is 1.95 bits per heavy atom. The van der Waals surface area contributed by atoms with Crippen LogP contribution in [0, 0.1) is 0 Å². The van der Waals surface area contributed by atoms with E-state index in [4.69, 9.17) is 10.5 Å². The van der Waals surface area contributed by atoms with Gasteiger partial charge in [0.1, 0.15) is 6.04 Å². The zero-order chi connectivity index (χ0) is 15.0. The second-order valence-electron chi connectivity index (χ2n) is 5.01. The van der Waals surface area contributed by atoms with E-state index in [1.807, 2.05) is 6.92 Å². The summed E-state index contributed by atoms with van der Waals surface area (Å²) in [6.45, 7) is 5.98. The standard InChI is InChI=1S/C13H26N4O3/c1-3-4-15-12(18)9-16-5-7-17(8-6-16)13(19)11(14)10-20-2/h11H,3-10,14H2,1-2H3,(H,15,18). The van der Waals surface area contributed by atoms with Gasteiger partial charge in [0.25, 0.3) is 0 Å². The minimum atomic E-state index is -0.598. The van der Waals surface area contributed by atoms with Gasteiger partial charge < -0.3 is 20.7 Å². The molecule has 1 atom stereocenters. The molecule has 1 heterocycles. The highest BCUT2D eigenvalue weighted by Gasteiger charge is 2.25. The molecule has 7 nitrogen and oxygen atoms in total. The van der Waals surface area contributed by atoms with Crippen LogP contribution in [0.3, 0.4) is 0 Å². The molecule has 2 amide bonds. The van der Waals surface area contributed by atoms with Crippen LogP contribution in [0.5, 0.6) is 0 Å². The maximum absolute atomic E-state index is 12.0. The average molecular weight is 286 g/mol. The first-order chi connectivity index (χ1) is 9.58. The third kappa shape index (κ3) is 5.44. The lowest BCUT2D eigenvalue weighted by Gasteiger charge is -2.35. The number of nitrogens with zero attached hydrogens (tertiary/aromatic N) is 2. The fraction of sp³-hybridized carbons (Fsp3) is 0.846. The molecule has 0 aromatic heterocycles. The summed E-state index contributed by atoms with van der Waals surface area (Å²) in [5.41, 5.74) is 5.73. The smallest absolute Gasteiger partial charge is 0.241 e. The van der Waals surface area contributed by atoms with Gasteiger partial charge in [-0.2, -0.15) is 0 Å². The minimum absolute atomic E-state index is 0.0442. The topological polar surface area (TPSA) is 87.9 Å². The Labute approximate surface area is 120 Å². The molecule has 0 aromatic carbocycles. The molecular weight excluding hydrogens is 260 g/mol. The van der Waals surface area contributed by atoms with Gasteiger partial charge >= 0.3 is 0 Å². The van der Waals surface area contributed by atoms with Gasteiger partial charge in [0.2, 0.25) is 11.8 Å². The van der Waals surface area contributed by atoms with E-state index < -0.39 is 6.04 Å². The lowest BCUT2D eigenvalue weighted by Crippen LogP contribution is -2.55. The SMILES string of the molecule is CCCNC(=O)CN1CCN(C(=O)C(N)COC)CC1. The van der Waals surface area contributed by atoms with Crippen molar-refractivity contribution in [1.29, 1.82) is 0 Å². The molecule has 0 aliphatic carbocycles. The van der Waals surface area contributed by atoms with Gasteiger partial charge in [-0.25, -0.2) is 0 Å². The van der Waals surface area contributed by atoms with E-state index in [0.29, 0.717) is 39.3 Å². The highest BCUT2D eigenvalue weighted by atomic mass is 16.5. The third-order valence-corrected chi connectivity index (χ3v) is 3.29. The van der Waals surface area contributed by atoms with Gasteiger partial charge in [-0.1, -0.05) is 6.92 Å². The van der Waals surface area contributed by atoms with Crippen LogP contribution in [0.25, 0.3) is 0 Å². The first-order valence-corrected chi connectivity index (χ1v) is 7.10. The van der Waals surface area contributed by atoms with E-state index in [1.165, 1.54) is 7.11 Å². The fourth-order valence-electron chi connectivity index (χ4n) is 2.14. The van der Waals surface area contributed by atoms with Crippen molar-refractivity contribution in [3.05, 3.63) is 0 Å². The highest BCUT2D eigenvalue weighted by molar-refractivity contribution is 5.82. The molecule has 7 heteroatoms. The molecule has 3 N–H and O–H groups in total. The average Bonchev–Trinajstić information content (AvgIpc) is 2.45. The van der Waals surface area contributed by atoms with Crippen molar-refractivity contribution in [3.63, 3.8) is 0 Å². The van der Waals surface area contributed by atoms with E-state index in [0.717, 1.165) is 6.42 Å². The van der Waals surface area contributed by atoms with Crippen LogP contribution in [0.15, 0.2) is 0 Å². The number of methoxy groups -OCH3 is 1. The number of hydrogen-bond donors (Lipinski definition) is 2. The van der Waals surface area contributed by atoms with Crippen LogP contribution in [-0.4, -0.2) is 80.6 Å². The summed E-state index contributed by atoms with van der Waals surface area (Å²) in [7, 11) is 1.53. The Hall–Kier alpha value is -1.18. The number of nitrogens with one attached hydrogen (secondary N) is 1. The zero-order valence-corrected chi connectivity index (χ0v) is 12.4. The first-order valence-electron chi connectivity index (χ1n) is 7.10. The molecule has 1 rings (SSSR count). The second-order valence-corrected chi connectivity index (χ2v) is 5.01. The quantitative estimate of drug-likeness (QED) is 0.603. The van der Waals surface area contributed by atoms with Gasteiger partial charge in [-0.05, 0) is 6.42 Å². The summed E-state index contributed by atoms with van der Waals surface area (Å²) in [5.74, 6) is -0.0374. The molecule has 0 aromatic rings. The number of carbonyl (C=O) groups is 2. The van der Waals surface area contributed by atoms with Crippen molar-refractivity contribution < 1.29 is 14.3 Å². The summed E-state index contributed by atoms with van der Waals surface area (Å²) < 4.78 is 4.89. The van der Waals surface area contributed by atoms with Crippen LogP contribution < -0.4 is 11.1 Å². The summed E-state index contributed by atoms with van der Waals surface area (Å²) >= 11 is 0. The van der Waals surface area contributed by atoms with E-state index in [9.17, 15) is 9.59 Å². The molecule has 1 aliphatic rings. The van der Waals surface area contributed by atoms with Gasteiger partial charge in [-0.15, -0.1) is 0 Å². The molecule has 0 saturated carbocycles. The van der Waals surface area contributed by atoms with E-state index in [2.05, 4.69) is 10.2 Å². The Balaban J connectivity index is 2.29. The van der Waals surface area contributed by atoms with E-state index in [-0.39, 0.29) is 18.4 Å². The summed E-state index contributed by atoms with van der Waals surface area (Å²) in [5, 5.41) is 2.85. The largest absolute Gasteiger partial charge is 0.383 e. The maximum Gasteiger partial charge on any atom is 0.241 e. The van der Waals surface area contributed by atoms with Crippen LogP contribution in [0.1, 0.15) is 13.3 Å². The number of rotatable bonds is 7. The fourth-order valence-corrected chi connectivity index (χ4v) is 2.14. The van der Waals surface area contributed by atoms with E-state index in [1.54, 1.807) is 4.90 Å². The minimum Gasteiger partial charge on any atom is -0.383 e. The number of piperazine rings is 1. The van der Waals surface area contributed by atoms with Crippen LogP contribution in [0.4, 0.5) is 0 Å². The molecule has 1 aliphatic heterocycles. The number of amides is 2. The van der Waals surface area contributed by atoms with Crippen LogP contribution in [0.2, 0.25) is 0 Å². The number of carbonyl (C=O) groups excluding carboxylic acids is 2. The molecular formula is C13H26N4O3. The predicted octanol–water partition coefficient (Wildman–Crippen LogP) is -1.37. The van der Waals surface area contributed by atoms with Crippen LogP contribution in [-0.2, 0) is 14.3 Å². The Bertz CT molecular complexity index is 317. The van der Waals surface area contributed by atoms with Crippen molar-refractivity contribution >= 4 is 11.8 Å². The van der Waals surface area contributed by atoms with Crippen molar-refractivity contribution in [2.45, 2.75) is 19.4 Å². The van der Waals surface area contributed by atoms with Crippen molar-refractivity contribution in [2.75, 3.05) is 53.0 Å². The molecule has 20 heavy (non-hydrogen) atoms. The number of nitrogens with two attached hydrogens (primary N) is 1. The predicted molar refractivity (Wildman–Crippen MR) is 76.2 cm³/mol. The second kappa shape index (κ2) is 8.89. The lowest BCUT2D eigenvalue weighted by atomic mass is 10.2. The van der Waals surface area contributed by atoms with E-state index >= 15 is 0 Å². The Morgan fingerprint density at radius 1 is 1.30 bits per heavy atom. The van der Waals surface area contributed by atoms with Crippen molar-refractivity contribution in [1.82, 2.24) is 15.1 Å². The molecule has 1 saturated heterocycles. The van der Waals surface area contributed by atoms with Gasteiger partial charge in [-0.3, -0.25) is 14.5 Å². The Morgan fingerprint density at radius 3 is 2.50 bits per heavy atom. The highest BCUT2D eigenvalue weighted by Crippen LogP contribution is 2.03. The molecule has 0 bridgehead atoms. The summed E-state index contributed by atoms with van der Waals surface area (Å²) in [6.07, 6.45) is 0.936. The molecule has 116 valence electrons. The first kappa shape index (κ1) is 16.9. The molecule has 1 unspecified atom stereocenters. The normalized spacial score (nSPS) is 17.9. The Kier molecular flexibility index (Phi) is 7.50. The number of hydrogen-bond acceptors (Lipinski definition) is 5. The maximum atomic E-state index is 12.0. The number of ether oxygens (including phenoxy) is 1. The van der Waals surface area contributed by atoms with Gasteiger partial charge in [0.05, 0.1) is 13.2 Å². The molecule has 1 fully saturated rings. The summed E-state index contributed by atoms with van der Waals surface area (Å²) in [4.78, 5) is 27.4. The third-order valence-electron chi connectivity index (χ3n) is 3.29. The molecule has 0 spiro atoms. The van der Waals surface area contributed by atoms with Crippen molar-refractivity contribution in [2.24, 2.45) is 5.73 Å². The van der Waals surface area contributed by atoms with Gasteiger partial charge in [0.15, 0.2) is 0 Å². The zero-order valence-electron chi connectivity index (χ0n) is 12.4. The van der Waals surface area contributed by atoms with Crippen molar-refractivity contribution in [3.8, 4) is 0 Å². The molecule has 0 radical (unpaired) electrons. The lowest BCUT2D eigenvalue weighted by molar-refractivity contribution is -0.135. The van der Waals surface area contributed by atoms with Crippen LogP contribution >= 0.6 is 0 Å². The van der Waals surface area contributed by atoms with Gasteiger partial charge in [0, 0.05) is 39.8 Å². The monoisotopic (exact) mass is 286 g/mol.